The van der Waals surface area contributed by atoms with Crippen LogP contribution >= 0.6 is 0 Å². The quantitative estimate of drug-likeness (QED) is 0.831. The van der Waals surface area contributed by atoms with E-state index < -0.39 is 0 Å². The van der Waals surface area contributed by atoms with Crippen molar-refractivity contribution < 1.29 is 0 Å². The molecule has 16 heavy (non-hydrogen) atoms. The summed E-state index contributed by atoms with van der Waals surface area (Å²) in [4.78, 5) is 6.38. The molecule has 0 aromatic carbocycles. The Hall–Kier alpha value is -1.25. The zero-order valence-corrected chi connectivity index (χ0v) is 10.2. The largest absolute Gasteiger partial charge is 0.384 e. The zero-order chi connectivity index (χ0) is 11.5. The molecular weight excluding hydrogens is 198 g/mol. The van der Waals surface area contributed by atoms with Crippen LogP contribution < -0.4 is 10.6 Å². The Bertz CT molecular complexity index is 343. The molecule has 0 unspecified atom stereocenters. The van der Waals surface area contributed by atoms with Gasteiger partial charge in [0.05, 0.1) is 0 Å². The van der Waals surface area contributed by atoms with Crippen LogP contribution in [0, 0.1) is 5.92 Å². The molecule has 1 heterocycles. The summed E-state index contributed by atoms with van der Waals surface area (Å²) in [6.45, 7) is 2.35. The average molecular weight is 219 g/mol. The van der Waals surface area contributed by atoms with Crippen molar-refractivity contribution in [2.24, 2.45) is 5.92 Å². The number of anilines is 2. The van der Waals surface area contributed by atoms with Crippen molar-refractivity contribution in [1.82, 2.24) is 4.98 Å². The summed E-state index contributed by atoms with van der Waals surface area (Å²) in [6.07, 6.45) is 7.05. The molecule has 0 amide bonds. The molecule has 1 aliphatic carbocycles. The van der Waals surface area contributed by atoms with Crippen LogP contribution in [0.2, 0.25) is 0 Å². The molecule has 0 atom stereocenters. The summed E-state index contributed by atoms with van der Waals surface area (Å²) in [5.74, 6) is 1.50. The zero-order valence-electron chi connectivity index (χ0n) is 10.2. The van der Waals surface area contributed by atoms with E-state index in [1.807, 2.05) is 12.1 Å². The Balaban J connectivity index is 2.04. The molecule has 0 bridgehead atoms. The lowest BCUT2D eigenvalue weighted by Gasteiger charge is -2.35. The van der Waals surface area contributed by atoms with E-state index in [0.717, 1.165) is 5.92 Å². The van der Waals surface area contributed by atoms with E-state index in [9.17, 15) is 0 Å². The normalized spacial score (nSPS) is 25.4. The Morgan fingerprint density at radius 2 is 2.00 bits per heavy atom. The van der Waals surface area contributed by atoms with Gasteiger partial charge in [-0.15, -0.1) is 0 Å². The average Bonchev–Trinajstić information content (AvgIpc) is 2.29. The van der Waals surface area contributed by atoms with Crippen molar-refractivity contribution in [2.75, 3.05) is 17.7 Å². The number of aromatic nitrogens is 1. The molecule has 3 nitrogen and oxygen atoms in total. The summed E-state index contributed by atoms with van der Waals surface area (Å²) in [5, 5.41) is 0. The van der Waals surface area contributed by atoms with Gasteiger partial charge in [0.15, 0.2) is 0 Å². The van der Waals surface area contributed by atoms with Gasteiger partial charge in [0, 0.05) is 31.0 Å². The molecule has 1 aliphatic rings. The van der Waals surface area contributed by atoms with Crippen LogP contribution in [0.5, 0.6) is 0 Å². The van der Waals surface area contributed by atoms with Gasteiger partial charge in [-0.05, 0) is 37.7 Å². The maximum atomic E-state index is 5.71. The van der Waals surface area contributed by atoms with Crippen molar-refractivity contribution in [2.45, 2.75) is 38.6 Å². The summed E-state index contributed by atoms with van der Waals surface area (Å²) in [7, 11) is 2.16. The lowest BCUT2D eigenvalue weighted by molar-refractivity contribution is 0.341. The number of nitrogens with two attached hydrogens (primary N) is 1. The number of hydrogen-bond donors (Lipinski definition) is 1. The molecule has 0 saturated heterocycles. The van der Waals surface area contributed by atoms with Gasteiger partial charge in [0.25, 0.3) is 0 Å². The molecule has 2 N–H and O–H groups in total. The number of nitrogen functional groups attached to an aromatic ring is 1. The first-order valence-corrected chi connectivity index (χ1v) is 6.11. The van der Waals surface area contributed by atoms with Gasteiger partial charge in [-0.3, -0.25) is 0 Å². The molecular formula is C13H21N3. The fourth-order valence-corrected chi connectivity index (χ4v) is 2.50. The Labute approximate surface area is 97.7 Å². The number of hydrogen-bond acceptors (Lipinski definition) is 3. The highest BCUT2D eigenvalue weighted by atomic mass is 15.1. The summed E-state index contributed by atoms with van der Waals surface area (Å²) in [6, 6.07) is 4.66. The van der Waals surface area contributed by atoms with Crippen LogP contribution in [0.4, 0.5) is 11.5 Å². The van der Waals surface area contributed by atoms with Crippen molar-refractivity contribution >= 4 is 11.5 Å². The van der Waals surface area contributed by atoms with E-state index in [1.54, 1.807) is 6.20 Å². The van der Waals surface area contributed by atoms with Crippen LogP contribution in [0.15, 0.2) is 18.3 Å². The third kappa shape index (κ3) is 2.46. The highest BCUT2D eigenvalue weighted by molar-refractivity contribution is 5.52. The van der Waals surface area contributed by atoms with Gasteiger partial charge in [-0.2, -0.15) is 0 Å². The molecule has 1 aromatic rings. The van der Waals surface area contributed by atoms with E-state index in [-0.39, 0.29) is 0 Å². The van der Waals surface area contributed by atoms with E-state index in [1.165, 1.54) is 31.4 Å². The van der Waals surface area contributed by atoms with Crippen molar-refractivity contribution in [3.8, 4) is 0 Å². The van der Waals surface area contributed by atoms with Crippen LogP contribution in [-0.2, 0) is 0 Å². The van der Waals surface area contributed by atoms with Gasteiger partial charge in [-0.25, -0.2) is 4.98 Å². The van der Waals surface area contributed by atoms with Gasteiger partial charge in [-0.1, -0.05) is 6.92 Å². The smallest absolute Gasteiger partial charge is 0.125 e. The SMILES string of the molecule is CC1CCC(N(C)c2ccnc(N)c2)CC1. The second-order valence-corrected chi connectivity index (χ2v) is 4.96. The first-order chi connectivity index (χ1) is 7.66. The van der Waals surface area contributed by atoms with Gasteiger partial charge >= 0.3 is 0 Å². The van der Waals surface area contributed by atoms with E-state index >= 15 is 0 Å². The fraction of sp³-hybridized carbons (Fsp3) is 0.615. The fourth-order valence-electron chi connectivity index (χ4n) is 2.50. The molecule has 88 valence electrons. The third-order valence-corrected chi connectivity index (χ3v) is 3.71. The Morgan fingerprint density at radius 1 is 1.31 bits per heavy atom. The van der Waals surface area contributed by atoms with Gasteiger partial charge < -0.3 is 10.6 Å². The van der Waals surface area contributed by atoms with Crippen LogP contribution in [0.3, 0.4) is 0 Å². The number of nitrogens with zero attached hydrogens (tertiary/aromatic N) is 2. The maximum Gasteiger partial charge on any atom is 0.125 e. The standard InChI is InChI=1S/C13H21N3/c1-10-3-5-11(6-4-10)16(2)12-7-8-15-13(14)9-12/h7-11H,3-6H2,1-2H3,(H2,14,15). The minimum absolute atomic E-state index is 0.605. The number of rotatable bonds is 2. The van der Waals surface area contributed by atoms with Crippen LogP contribution in [0.1, 0.15) is 32.6 Å². The molecule has 0 aliphatic heterocycles. The van der Waals surface area contributed by atoms with Gasteiger partial charge in [0.1, 0.15) is 5.82 Å². The first-order valence-electron chi connectivity index (χ1n) is 6.11. The molecule has 3 heteroatoms. The topological polar surface area (TPSA) is 42.2 Å². The predicted molar refractivity (Wildman–Crippen MR) is 68.5 cm³/mol. The molecule has 1 saturated carbocycles. The Morgan fingerprint density at radius 3 is 2.62 bits per heavy atom. The van der Waals surface area contributed by atoms with E-state index in [2.05, 4.69) is 23.9 Å². The first kappa shape index (κ1) is 11.2. The molecule has 1 aromatic heterocycles. The van der Waals surface area contributed by atoms with E-state index in [0.29, 0.717) is 11.9 Å². The van der Waals surface area contributed by atoms with E-state index in [4.69, 9.17) is 5.73 Å². The van der Waals surface area contributed by atoms with Crippen molar-refractivity contribution in [1.29, 1.82) is 0 Å². The number of pyridine rings is 1. The predicted octanol–water partition coefficient (Wildman–Crippen LogP) is 2.68. The summed E-state index contributed by atoms with van der Waals surface area (Å²) < 4.78 is 0. The molecule has 0 spiro atoms. The monoisotopic (exact) mass is 219 g/mol. The summed E-state index contributed by atoms with van der Waals surface area (Å²) >= 11 is 0. The molecule has 1 fully saturated rings. The maximum absolute atomic E-state index is 5.71. The second-order valence-electron chi connectivity index (χ2n) is 4.96. The lowest BCUT2D eigenvalue weighted by Crippen LogP contribution is -2.34. The van der Waals surface area contributed by atoms with Crippen LogP contribution in [-0.4, -0.2) is 18.1 Å². The van der Waals surface area contributed by atoms with Crippen LogP contribution in [0.25, 0.3) is 0 Å². The highest BCUT2D eigenvalue weighted by Crippen LogP contribution is 2.29. The second kappa shape index (κ2) is 4.73. The third-order valence-electron chi connectivity index (χ3n) is 3.71. The van der Waals surface area contributed by atoms with Gasteiger partial charge in [0.2, 0.25) is 0 Å². The lowest BCUT2D eigenvalue weighted by atomic mass is 9.86. The minimum Gasteiger partial charge on any atom is -0.384 e. The molecule has 2 rings (SSSR count). The van der Waals surface area contributed by atoms with Crippen molar-refractivity contribution in [3.05, 3.63) is 18.3 Å². The van der Waals surface area contributed by atoms with Crippen molar-refractivity contribution in [3.63, 3.8) is 0 Å². The minimum atomic E-state index is 0.605. The molecule has 0 radical (unpaired) electrons. The summed E-state index contributed by atoms with van der Waals surface area (Å²) in [5.41, 5.74) is 6.90. The Kier molecular flexibility index (Phi) is 3.32. The highest BCUT2D eigenvalue weighted by Gasteiger charge is 2.21.